The maximum Gasteiger partial charge on any atom is 0.306 e. The fourth-order valence-electron chi connectivity index (χ4n) is 6.20. The van der Waals surface area contributed by atoms with E-state index in [4.69, 9.17) is 14.2 Å². The highest BCUT2D eigenvalue weighted by Gasteiger charge is 2.25. The van der Waals surface area contributed by atoms with Crippen LogP contribution in [0.15, 0.2) is 36.5 Å². The average molecular weight is 748 g/mol. The van der Waals surface area contributed by atoms with Crippen molar-refractivity contribution in [2.24, 2.45) is 0 Å². The zero-order valence-electron chi connectivity index (χ0n) is 34.9. The molecule has 0 rings (SSSR count). The summed E-state index contributed by atoms with van der Waals surface area (Å²) in [7, 11) is 5.40. The molecular weight excluding hydrogens is 666 g/mol. The minimum Gasteiger partial charge on any atom is -0.544 e. The van der Waals surface area contributed by atoms with E-state index in [1.54, 1.807) is 21.1 Å². The van der Waals surface area contributed by atoms with E-state index < -0.39 is 18.1 Å². The molecule has 0 saturated heterocycles. The van der Waals surface area contributed by atoms with Crippen LogP contribution in [0.1, 0.15) is 181 Å². The second-order valence-corrected chi connectivity index (χ2v) is 15.6. The van der Waals surface area contributed by atoms with Gasteiger partial charge < -0.3 is 28.6 Å². The molecule has 0 aromatic carbocycles. The molecule has 8 nitrogen and oxygen atoms in total. The van der Waals surface area contributed by atoms with Crippen molar-refractivity contribution in [2.45, 2.75) is 193 Å². The van der Waals surface area contributed by atoms with Crippen molar-refractivity contribution in [2.75, 3.05) is 41.0 Å². The lowest BCUT2D eigenvalue weighted by molar-refractivity contribution is -0.889. The molecule has 0 aromatic heterocycles. The van der Waals surface area contributed by atoms with Crippen LogP contribution in [0.25, 0.3) is 0 Å². The number of carboxylic acids is 1. The second kappa shape index (κ2) is 36.5. The van der Waals surface area contributed by atoms with E-state index in [0.717, 1.165) is 70.6 Å². The third kappa shape index (κ3) is 35.0. The van der Waals surface area contributed by atoms with Gasteiger partial charge in [0.2, 0.25) is 0 Å². The third-order valence-electron chi connectivity index (χ3n) is 9.54. The monoisotopic (exact) mass is 748 g/mol. The lowest BCUT2D eigenvalue weighted by Crippen LogP contribution is -2.55. The molecule has 0 amide bonds. The Balaban J connectivity index is 4.37. The van der Waals surface area contributed by atoms with Gasteiger partial charge in [0.25, 0.3) is 0 Å². The predicted molar refractivity (Wildman–Crippen MR) is 217 cm³/mol. The quantitative estimate of drug-likeness (QED) is 0.0268. The van der Waals surface area contributed by atoms with Crippen molar-refractivity contribution in [1.82, 2.24) is 0 Å². The van der Waals surface area contributed by atoms with E-state index in [1.807, 2.05) is 0 Å². The SMILES string of the molecule is CC/C=C/C/C=C/C/C=C/CCCCCCC(=O)OC(COCCC(C(=O)[O-])[N+](C)(C)C)COC(=O)CCCCCCCCCCCCCCCCC. The van der Waals surface area contributed by atoms with Crippen LogP contribution in [0, 0.1) is 0 Å². The Morgan fingerprint density at radius 2 is 1.06 bits per heavy atom. The number of unbranched alkanes of at least 4 members (excludes halogenated alkanes) is 18. The largest absolute Gasteiger partial charge is 0.544 e. The Morgan fingerprint density at radius 3 is 1.57 bits per heavy atom. The zero-order chi connectivity index (χ0) is 39.3. The fraction of sp³-hybridized carbons (Fsp3) is 0.800. The highest BCUT2D eigenvalue weighted by Crippen LogP contribution is 2.15. The number of ether oxygens (including phenoxy) is 3. The number of carbonyl (C=O) groups excluding carboxylic acids is 3. The minimum absolute atomic E-state index is 0.0336. The smallest absolute Gasteiger partial charge is 0.306 e. The van der Waals surface area contributed by atoms with Crippen molar-refractivity contribution < 1.29 is 38.2 Å². The number of likely N-dealkylation sites (N-methyl/N-ethyl adjacent to an activating group) is 1. The van der Waals surface area contributed by atoms with Crippen LogP contribution in [0.4, 0.5) is 0 Å². The van der Waals surface area contributed by atoms with E-state index >= 15 is 0 Å². The van der Waals surface area contributed by atoms with Gasteiger partial charge in [0.05, 0.1) is 40.3 Å². The Bertz CT molecular complexity index is 968. The molecule has 0 fully saturated rings. The lowest BCUT2D eigenvalue weighted by atomic mass is 10.0. The summed E-state index contributed by atoms with van der Waals surface area (Å²) in [6.07, 6.45) is 40.2. The van der Waals surface area contributed by atoms with Crippen LogP contribution in [0.5, 0.6) is 0 Å². The summed E-state index contributed by atoms with van der Waals surface area (Å²) in [6, 6.07) is -0.728. The summed E-state index contributed by atoms with van der Waals surface area (Å²) >= 11 is 0. The lowest BCUT2D eigenvalue weighted by Gasteiger charge is -2.34. The molecule has 8 heteroatoms. The first kappa shape index (κ1) is 50.5. The van der Waals surface area contributed by atoms with E-state index in [-0.39, 0.29) is 42.7 Å². The number of quaternary nitrogens is 1. The van der Waals surface area contributed by atoms with Gasteiger partial charge in [-0.3, -0.25) is 9.59 Å². The van der Waals surface area contributed by atoms with Gasteiger partial charge in [0.1, 0.15) is 12.6 Å². The Kier molecular flexibility index (Phi) is 34.8. The molecule has 0 saturated carbocycles. The molecule has 0 aromatic rings. The minimum atomic E-state index is -1.13. The van der Waals surface area contributed by atoms with Crippen molar-refractivity contribution in [3.63, 3.8) is 0 Å². The fourth-order valence-corrected chi connectivity index (χ4v) is 6.20. The standard InChI is InChI=1S/C45H81NO7/c1-6-8-10-12-14-16-18-20-22-24-25-27-29-31-33-35-43(47)52-40-41(39-51-38-37-42(45(49)50)46(3,4)5)53-44(48)36-34-32-30-28-26-23-21-19-17-15-13-11-9-7-2/h9,11,15,17,21,23,41-42H,6-8,10,12-14,16,18-20,22,24-40H2,1-5H3/b11-9+,17-15+,23-21+. The van der Waals surface area contributed by atoms with E-state index in [9.17, 15) is 19.5 Å². The van der Waals surface area contributed by atoms with Crippen LogP contribution in [0.3, 0.4) is 0 Å². The summed E-state index contributed by atoms with van der Waals surface area (Å²) in [5, 5.41) is 11.6. The number of carbonyl (C=O) groups is 3. The predicted octanol–water partition coefficient (Wildman–Crippen LogP) is 10.1. The van der Waals surface area contributed by atoms with Gasteiger partial charge in [-0.15, -0.1) is 0 Å². The molecule has 2 atom stereocenters. The Labute approximate surface area is 325 Å². The van der Waals surface area contributed by atoms with Crippen molar-refractivity contribution in [3.8, 4) is 0 Å². The molecule has 0 aliphatic carbocycles. The van der Waals surface area contributed by atoms with Crippen LogP contribution >= 0.6 is 0 Å². The van der Waals surface area contributed by atoms with E-state index in [2.05, 4.69) is 50.3 Å². The number of aliphatic carboxylic acids is 1. The Morgan fingerprint density at radius 1 is 0.585 bits per heavy atom. The highest BCUT2D eigenvalue weighted by molar-refractivity contribution is 5.70. The second-order valence-electron chi connectivity index (χ2n) is 15.6. The van der Waals surface area contributed by atoms with Crippen LogP contribution in [0.2, 0.25) is 0 Å². The molecule has 0 spiro atoms. The molecule has 0 N–H and O–H groups in total. The van der Waals surface area contributed by atoms with Crippen LogP contribution in [-0.2, 0) is 28.6 Å². The summed E-state index contributed by atoms with van der Waals surface area (Å²) < 4.78 is 17.1. The first-order valence-electron chi connectivity index (χ1n) is 21.5. The number of hydrogen-bond acceptors (Lipinski definition) is 7. The summed E-state index contributed by atoms with van der Waals surface area (Å²) in [4.78, 5) is 36.8. The molecule has 0 bridgehead atoms. The summed E-state index contributed by atoms with van der Waals surface area (Å²) in [5.74, 6) is -1.76. The van der Waals surface area contributed by atoms with Gasteiger partial charge in [0.15, 0.2) is 6.10 Å². The van der Waals surface area contributed by atoms with Gasteiger partial charge in [-0.25, -0.2) is 0 Å². The molecule has 0 radical (unpaired) electrons. The van der Waals surface area contributed by atoms with Gasteiger partial charge in [-0.2, -0.15) is 0 Å². The maximum absolute atomic E-state index is 12.7. The van der Waals surface area contributed by atoms with Crippen molar-refractivity contribution in [1.29, 1.82) is 0 Å². The zero-order valence-corrected chi connectivity index (χ0v) is 34.9. The van der Waals surface area contributed by atoms with Crippen molar-refractivity contribution >= 4 is 17.9 Å². The summed E-state index contributed by atoms with van der Waals surface area (Å²) in [5.41, 5.74) is 0. The number of allylic oxidation sites excluding steroid dienone is 6. The molecule has 0 heterocycles. The first-order chi connectivity index (χ1) is 25.6. The van der Waals surface area contributed by atoms with Crippen LogP contribution in [-0.4, -0.2) is 75.5 Å². The first-order valence-corrected chi connectivity index (χ1v) is 21.5. The van der Waals surface area contributed by atoms with Crippen LogP contribution < -0.4 is 5.11 Å². The molecule has 0 aliphatic rings. The van der Waals surface area contributed by atoms with E-state index in [0.29, 0.717) is 12.8 Å². The molecule has 308 valence electrons. The Hall–Kier alpha value is -2.45. The third-order valence-corrected chi connectivity index (χ3v) is 9.54. The number of hydrogen-bond donors (Lipinski definition) is 0. The average Bonchev–Trinajstić information content (AvgIpc) is 3.11. The maximum atomic E-state index is 12.7. The number of esters is 2. The van der Waals surface area contributed by atoms with Gasteiger partial charge in [0, 0.05) is 19.3 Å². The molecule has 0 aliphatic heterocycles. The number of carboxylic acid groups (broad SMARTS) is 1. The number of rotatable bonds is 38. The van der Waals surface area contributed by atoms with Crippen molar-refractivity contribution in [3.05, 3.63) is 36.5 Å². The van der Waals surface area contributed by atoms with Gasteiger partial charge >= 0.3 is 11.9 Å². The highest BCUT2D eigenvalue weighted by atomic mass is 16.6. The van der Waals surface area contributed by atoms with E-state index in [1.165, 1.54) is 77.0 Å². The molecule has 53 heavy (non-hydrogen) atoms. The summed E-state index contributed by atoms with van der Waals surface area (Å²) in [6.45, 7) is 4.53. The normalized spacial score (nSPS) is 13.3. The molecular formula is C45H81NO7. The molecule has 2 unspecified atom stereocenters. The number of nitrogens with zero attached hydrogens (tertiary/aromatic N) is 1. The topological polar surface area (TPSA) is 102 Å². The van der Waals surface area contributed by atoms with Gasteiger partial charge in [-0.05, 0) is 44.9 Å². The van der Waals surface area contributed by atoms with Gasteiger partial charge in [-0.1, -0.05) is 153 Å².